The number of allylic oxidation sites excluding steroid dienone is 1. The van der Waals surface area contributed by atoms with Crippen molar-refractivity contribution in [1.29, 1.82) is 0 Å². The SMILES string of the molecule is COc1cc(N/N=C2\C(=O)c3c(O)cc(S(=O)(=O)O)cc3C=C2S(=O)(=O)O)c(OC)cc1/N=N/c1ccc(O)cc1. The molecule has 3 aromatic carbocycles. The zero-order valence-corrected chi connectivity index (χ0v) is 22.6. The van der Waals surface area contributed by atoms with Gasteiger partial charge in [-0.25, -0.2) is 0 Å². The number of phenols is 2. The number of Topliss-reactive ketones (excluding diaryl/α,β-unsaturated/α-hetero) is 1. The molecule has 214 valence electrons. The van der Waals surface area contributed by atoms with Crippen LogP contribution in [0.25, 0.3) is 6.08 Å². The summed E-state index contributed by atoms with van der Waals surface area (Å²) in [5.41, 5.74) is 1.36. The van der Waals surface area contributed by atoms with Gasteiger partial charge >= 0.3 is 0 Å². The van der Waals surface area contributed by atoms with Crippen molar-refractivity contribution in [1.82, 2.24) is 0 Å². The summed E-state index contributed by atoms with van der Waals surface area (Å²) in [4.78, 5) is 11.4. The van der Waals surface area contributed by atoms with Gasteiger partial charge in [0.1, 0.15) is 39.3 Å². The number of carbonyl (C=O) groups excluding carboxylic acids is 1. The molecule has 17 heteroatoms. The first-order valence-electron chi connectivity index (χ1n) is 11.1. The van der Waals surface area contributed by atoms with Crippen molar-refractivity contribution in [2.75, 3.05) is 19.6 Å². The maximum atomic E-state index is 13.2. The van der Waals surface area contributed by atoms with Gasteiger partial charge in [-0.3, -0.25) is 19.3 Å². The maximum absolute atomic E-state index is 13.2. The largest absolute Gasteiger partial charge is 0.508 e. The monoisotopic (exact) mass is 604 g/mol. The molecule has 0 aromatic heterocycles. The Morgan fingerprint density at radius 3 is 2.07 bits per heavy atom. The van der Waals surface area contributed by atoms with Gasteiger partial charge in [0.05, 0.1) is 30.4 Å². The molecule has 41 heavy (non-hydrogen) atoms. The van der Waals surface area contributed by atoms with E-state index in [0.717, 1.165) is 6.07 Å². The Balaban J connectivity index is 1.77. The van der Waals surface area contributed by atoms with E-state index in [1.165, 1.54) is 50.6 Å². The highest BCUT2D eigenvalue weighted by Gasteiger charge is 2.35. The second kappa shape index (κ2) is 11.0. The molecule has 0 fully saturated rings. The molecule has 4 rings (SSSR count). The van der Waals surface area contributed by atoms with Gasteiger partial charge in [-0.2, -0.15) is 27.1 Å². The summed E-state index contributed by atoms with van der Waals surface area (Å²) in [6, 6.07) is 9.98. The molecule has 1 aliphatic rings. The Kier molecular flexibility index (Phi) is 7.80. The van der Waals surface area contributed by atoms with Crippen molar-refractivity contribution in [3.05, 3.63) is 64.6 Å². The summed E-state index contributed by atoms with van der Waals surface area (Å²) in [5.74, 6) is -1.78. The van der Waals surface area contributed by atoms with Crippen molar-refractivity contribution in [3.8, 4) is 23.0 Å². The summed E-state index contributed by atoms with van der Waals surface area (Å²) < 4.78 is 77.0. The lowest BCUT2D eigenvalue weighted by Crippen LogP contribution is -2.27. The lowest BCUT2D eigenvalue weighted by Gasteiger charge is -2.18. The van der Waals surface area contributed by atoms with Crippen molar-refractivity contribution in [2.45, 2.75) is 4.90 Å². The van der Waals surface area contributed by atoms with Crippen LogP contribution in [-0.2, 0) is 20.2 Å². The summed E-state index contributed by atoms with van der Waals surface area (Å²) in [6.45, 7) is 0. The minimum atomic E-state index is -5.11. The predicted octanol–water partition coefficient (Wildman–Crippen LogP) is 3.67. The number of hydrogen-bond acceptors (Lipinski definition) is 13. The van der Waals surface area contributed by atoms with Crippen molar-refractivity contribution in [3.63, 3.8) is 0 Å². The Morgan fingerprint density at radius 2 is 1.49 bits per heavy atom. The smallest absolute Gasteiger partial charge is 0.296 e. The minimum absolute atomic E-state index is 0.0465. The second-order valence-electron chi connectivity index (χ2n) is 8.21. The van der Waals surface area contributed by atoms with Gasteiger partial charge in [0, 0.05) is 18.2 Å². The number of nitrogens with one attached hydrogen (secondary N) is 1. The normalized spacial score (nSPS) is 14.6. The number of hydrazone groups is 1. The van der Waals surface area contributed by atoms with Gasteiger partial charge in [0.15, 0.2) is 5.71 Å². The molecule has 0 saturated heterocycles. The lowest BCUT2D eigenvalue weighted by molar-refractivity contribution is 0.106. The van der Waals surface area contributed by atoms with Gasteiger partial charge < -0.3 is 19.7 Å². The van der Waals surface area contributed by atoms with E-state index in [2.05, 4.69) is 20.8 Å². The number of azo groups is 1. The van der Waals surface area contributed by atoms with Crippen LogP contribution in [0.3, 0.4) is 0 Å². The average molecular weight is 605 g/mol. The number of hydrogen-bond donors (Lipinski definition) is 5. The lowest BCUT2D eigenvalue weighted by atomic mass is 9.94. The molecule has 15 nitrogen and oxygen atoms in total. The van der Waals surface area contributed by atoms with E-state index in [0.29, 0.717) is 17.8 Å². The first kappa shape index (κ1) is 29.2. The molecule has 0 spiro atoms. The molecule has 0 aliphatic heterocycles. The van der Waals surface area contributed by atoms with E-state index < -0.39 is 58.4 Å². The fourth-order valence-electron chi connectivity index (χ4n) is 3.67. The third kappa shape index (κ3) is 6.17. The number of nitrogens with zero attached hydrogens (tertiary/aromatic N) is 3. The zero-order valence-electron chi connectivity index (χ0n) is 21.0. The van der Waals surface area contributed by atoms with Crippen LogP contribution >= 0.6 is 0 Å². The van der Waals surface area contributed by atoms with Crippen molar-refractivity contribution < 1.29 is 50.4 Å². The predicted molar refractivity (Wildman–Crippen MR) is 145 cm³/mol. The molecule has 0 unspecified atom stereocenters. The van der Waals surface area contributed by atoms with Gasteiger partial charge in [-0.1, -0.05) is 0 Å². The molecule has 0 heterocycles. The summed E-state index contributed by atoms with van der Waals surface area (Å²) in [5, 5.41) is 31.7. The quantitative estimate of drug-likeness (QED) is 0.141. The van der Waals surface area contributed by atoms with Crippen LogP contribution in [0.1, 0.15) is 15.9 Å². The minimum Gasteiger partial charge on any atom is -0.508 e. The average Bonchev–Trinajstić information content (AvgIpc) is 2.90. The molecule has 3 aromatic rings. The van der Waals surface area contributed by atoms with E-state index in [1.807, 2.05) is 0 Å². The van der Waals surface area contributed by atoms with Crippen LogP contribution in [0.2, 0.25) is 0 Å². The topological polar surface area (TPSA) is 234 Å². The number of aromatic hydroxyl groups is 2. The molecule has 0 atom stereocenters. The number of benzene rings is 3. The number of phenolic OH excluding ortho intramolecular Hbond substituents is 2. The summed E-state index contributed by atoms with van der Waals surface area (Å²) in [6.07, 6.45) is 0.714. The number of fused-ring (bicyclic) bond motifs is 1. The third-order valence-corrected chi connectivity index (χ3v) is 7.27. The van der Waals surface area contributed by atoms with Crippen LogP contribution in [0, 0.1) is 0 Å². The van der Waals surface area contributed by atoms with E-state index in [4.69, 9.17) is 9.47 Å². The van der Waals surface area contributed by atoms with Crippen LogP contribution in [-0.4, -0.2) is 61.9 Å². The molecular formula is C24H20N4O11S2. The standard InChI is InChI=1S/C24H20N4O11S2/c1-38-19-11-17(20(39-2)10-16(19)26-25-13-3-5-14(29)6-4-13)27-28-23-21(41(35,36)37)8-12-7-15(40(32,33)34)9-18(30)22(12)24(23)31/h3-11,27,29-30H,1-2H3,(H,32,33,34)(H,35,36,37)/b26-25+,28-23-. The number of rotatable bonds is 8. The molecule has 5 N–H and O–H groups in total. The first-order valence-corrected chi connectivity index (χ1v) is 14.0. The number of ketones is 1. The number of anilines is 1. The van der Waals surface area contributed by atoms with Crippen molar-refractivity contribution in [2.24, 2.45) is 15.3 Å². The van der Waals surface area contributed by atoms with Gasteiger partial charge in [-0.05, 0) is 42.0 Å². The van der Waals surface area contributed by atoms with E-state index in [9.17, 15) is 40.9 Å². The molecule has 1 aliphatic carbocycles. The maximum Gasteiger partial charge on any atom is 0.296 e. The summed E-state index contributed by atoms with van der Waals surface area (Å²) >= 11 is 0. The van der Waals surface area contributed by atoms with Crippen LogP contribution < -0.4 is 14.9 Å². The highest BCUT2D eigenvalue weighted by atomic mass is 32.2. The Hall–Kier alpha value is -4.84. The zero-order chi connectivity index (χ0) is 30.1. The van der Waals surface area contributed by atoms with E-state index in [1.54, 1.807) is 0 Å². The van der Waals surface area contributed by atoms with Crippen molar-refractivity contribution >= 4 is 54.9 Å². The Bertz CT molecular complexity index is 1870. The number of methoxy groups -OCH3 is 2. The Morgan fingerprint density at radius 1 is 0.829 bits per heavy atom. The fraction of sp³-hybridized carbons (Fsp3) is 0.0833. The van der Waals surface area contributed by atoms with Gasteiger partial charge in [0.2, 0.25) is 5.78 Å². The fourth-order valence-corrected chi connectivity index (χ4v) is 4.86. The summed E-state index contributed by atoms with van der Waals surface area (Å²) in [7, 11) is -7.31. The van der Waals surface area contributed by atoms with Gasteiger partial charge in [0.25, 0.3) is 20.2 Å². The third-order valence-electron chi connectivity index (χ3n) is 5.57. The molecule has 0 amide bonds. The number of carbonyl (C=O) groups is 1. The highest BCUT2D eigenvalue weighted by molar-refractivity contribution is 7.91. The second-order valence-corrected chi connectivity index (χ2v) is 11.0. The van der Waals surface area contributed by atoms with Crippen LogP contribution in [0.4, 0.5) is 17.1 Å². The van der Waals surface area contributed by atoms with E-state index >= 15 is 0 Å². The highest BCUT2D eigenvalue weighted by Crippen LogP contribution is 2.39. The van der Waals surface area contributed by atoms with Gasteiger partial charge in [-0.15, -0.1) is 5.11 Å². The molecule has 0 bridgehead atoms. The molecule has 0 radical (unpaired) electrons. The van der Waals surface area contributed by atoms with Crippen LogP contribution in [0.5, 0.6) is 23.0 Å². The van der Waals surface area contributed by atoms with Crippen LogP contribution in [0.15, 0.2) is 73.7 Å². The number of ether oxygens (including phenoxy) is 2. The molecular weight excluding hydrogens is 584 g/mol. The first-order chi connectivity index (χ1) is 19.2. The Labute approximate surface area is 232 Å². The van der Waals surface area contributed by atoms with E-state index in [-0.39, 0.29) is 28.6 Å². The molecule has 0 saturated carbocycles.